The number of ether oxygens (including phenoxy) is 1. The number of rotatable bonds is 6. The zero-order chi connectivity index (χ0) is 15.3. The second-order valence-corrected chi connectivity index (χ2v) is 5.06. The molecule has 7 heteroatoms. The molecule has 1 aromatic rings. The van der Waals surface area contributed by atoms with E-state index in [9.17, 15) is 9.90 Å². The SMILES string of the molecule is CC1COc2ccccc2C1(NCCCN=[N+]=[N-])C(=O)O. The van der Waals surface area contributed by atoms with E-state index < -0.39 is 11.5 Å². The number of benzene rings is 1. The van der Waals surface area contributed by atoms with Crippen molar-refractivity contribution in [2.24, 2.45) is 11.0 Å². The molecule has 0 saturated heterocycles. The molecule has 2 rings (SSSR count). The summed E-state index contributed by atoms with van der Waals surface area (Å²) in [6.45, 7) is 2.98. The van der Waals surface area contributed by atoms with E-state index >= 15 is 0 Å². The Morgan fingerprint density at radius 1 is 1.62 bits per heavy atom. The van der Waals surface area contributed by atoms with Crippen LogP contribution in [0.3, 0.4) is 0 Å². The number of hydrogen-bond acceptors (Lipinski definition) is 4. The highest BCUT2D eigenvalue weighted by Crippen LogP contribution is 2.40. The van der Waals surface area contributed by atoms with Crippen LogP contribution >= 0.6 is 0 Å². The molecule has 1 heterocycles. The van der Waals surface area contributed by atoms with Gasteiger partial charge in [0, 0.05) is 22.9 Å². The van der Waals surface area contributed by atoms with Gasteiger partial charge in [-0.15, -0.1) is 0 Å². The Balaban J connectivity index is 2.28. The fourth-order valence-corrected chi connectivity index (χ4v) is 2.67. The predicted molar refractivity (Wildman–Crippen MR) is 77.0 cm³/mol. The Labute approximate surface area is 122 Å². The van der Waals surface area contributed by atoms with E-state index in [1.807, 2.05) is 13.0 Å². The second-order valence-electron chi connectivity index (χ2n) is 5.06. The largest absolute Gasteiger partial charge is 0.493 e. The van der Waals surface area contributed by atoms with Crippen LogP contribution in [-0.4, -0.2) is 30.8 Å². The highest BCUT2D eigenvalue weighted by atomic mass is 16.5. The molecule has 0 bridgehead atoms. The molecule has 112 valence electrons. The summed E-state index contributed by atoms with van der Waals surface area (Å²) >= 11 is 0. The average Bonchev–Trinajstić information content (AvgIpc) is 2.49. The summed E-state index contributed by atoms with van der Waals surface area (Å²) in [4.78, 5) is 14.7. The molecule has 0 aromatic heterocycles. The average molecular weight is 290 g/mol. The number of nitrogens with one attached hydrogen (secondary N) is 1. The fraction of sp³-hybridized carbons (Fsp3) is 0.500. The highest BCUT2D eigenvalue weighted by Gasteiger charge is 2.49. The van der Waals surface area contributed by atoms with Crippen molar-refractivity contribution in [1.29, 1.82) is 0 Å². The van der Waals surface area contributed by atoms with E-state index in [-0.39, 0.29) is 5.92 Å². The molecule has 1 aromatic carbocycles. The first-order chi connectivity index (χ1) is 10.1. The summed E-state index contributed by atoms with van der Waals surface area (Å²) in [6, 6.07) is 7.18. The van der Waals surface area contributed by atoms with Gasteiger partial charge < -0.3 is 9.84 Å². The molecule has 0 radical (unpaired) electrons. The lowest BCUT2D eigenvalue weighted by molar-refractivity contribution is -0.149. The first-order valence-corrected chi connectivity index (χ1v) is 6.84. The maximum absolute atomic E-state index is 12.0. The molecule has 0 amide bonds. The first-order valence-electron chi connectivity index (χ1n) is 6.84. The third-order valence-corrected chi connectivity index (χ3v) is 3.78. The quantitative estimate of drug-likeness (QED) is 0.362. The van der Waals surface area contributed by atoms with Crippen LogP contribution in [0, 0.1) is 5.92 Å². The third kappa shape index (κ3) is 2.79. The van der Waals surface area contributed by atoms with Crippen molar-refractivity contribution >= 4 is 5.97 Å². The number of carboxylic acids is 1. The van der Waals surface area contributed by atoms with Crippen molar-refractivity contribution in [3.8, 4) is 5.75 Å². The van der Waals surface area contributed by atoms with Gasteiger partial charge in [0.1, 0.15) is 5.75 Å². The maximum atomic E-state index is 12.0. The summed E-state index contributed by atoms with van der Waals surface area (Å²) in [6.07, 6.45) is 0.578. The van der Waals surface area contributed by atoms with Gasteiger partial charge in [0.2, 0.25) is 0 Å². The van der Waals surface area contributed by atoms with Crippen LogP contribution in [0.25, 0.3) is 10.4 Å². The van der Waals surface area contributed by atoms with Crippen molar-refractivity contribution in [2.45, 2.75) is 18.9 Å². The zero-order valence-electron chi connectivity index (χ0n) is 11.8. The van der Waals surface area contributed by atoms with E-state index in [1.54, 1.807) is 18.2 Å². The van der Waals surface area contributed by atoms with E-state index in [0.29, 0.717) is 37.4 Å². The molecule has 7 nitrogen and oxygen atoms in total. The lowest BCUT2D eigenvalue weighted by atomic mass is 9.77. The van der Waals surface area contributed by atoms with Crippen LogP contribution in [0.15, 0.2) is 29.4 Å². The first kappa shape index (κ1) is 15.2. The summed E-state index contributed by atoms with van der Waals surface area (Å²) in [5, 5.41) is 16.4. The van der Waals surface area contributed by atoms with Crippen LogP contribution in [0.2, 0.25) is 0 Å². The van der Waals surface area contributed by atoms with Crippen molar-refractivity contribution in [3.63, 3.8) is 0 Å². The molecule has 0 fully saturated rings. The fourth-order valence-electron chi connectivity index (χ4n) is 2.67. The van der Waals surface area contributed by atoms with E-state index in [0.717, 1.165) is 0 Å². The maximum Gasteiger partial charge on any atom is 0.329 e. The molecule has 2 N–H and O–H groups in total. The topological polar surface area (TPSA) is 107 Å². The van der Waals surface area contributed by atoms with Gasteiger partial charge in [0.25, 0.3) is 0 Å². The Morgan fingerprint density at radius 2 is 2.38 bits per heavy atom. The number of fused-ring (bicyclic) bond motifs is 1. The Bertz CT molecular complexity index is 571. The molecular formula is C14H18N4O3. The van der Waals surface area contributed by atoms with Gasteiger partial charge >= 0.3 is 5.97 Å². The Hall–Kier alpha value is -2.24. The molecule has 21 heavy (non-hydrogen) atoms. The number of para-hydroxylation sites is 1. The molecular weight excluding hydrogens is 272 g/mol. The Morgan fingerprint density at radius 3 is 3.10 bits per heavy atom. The third-order valence-electron chi connectivity index (χ3n) is 3.78. The molecule has 2 unspecified atom stereocenters. The minimum Gasteiger partial charge on any atom is -0.493 e. The summed E-state index contributed by atoms with van der Waals surface area (Å²) in [5.74, 6) is -0.542. The van der Waals surface area contributed by atoms with Crippen molar-refractivity contribution in [2.75, 3.05) is 19.7 Å². The molecule has 1 aliphatic heterocycles. The van der Waals surface area contributed by atoms with Gasteiger partial charge in [-0.05, 0) is 24.6 Å². The number of aliphatic carboxylic acids is 1. The number of carbonyl (C=O) groups is 1. The molecule has 0 saturated carbocycles. The minimum atomic E-state index is -1.18. The summed E-state index contributed by atoms with van der Waals surface area (Å²) in [7, 11) is 0. The van der Waals surface area contributed by atoms with Gasteiger partial charge in [0.15, 0.2) is 5.54 Å². The highest BCUT2D eigenvalue weighted by molar-refractivity contribution is 5.83. The van der Waals surface area contributed by atoms with Crippen molar-refractivity contribution < 1.29 is 14.6 Å². The molecule has 0 aliphatic carbocycles. The lowest BCUT2D eigenvalue weighted by Gasteiger charge is -2.41. The second kappa shape index (κ2) is 6.47. The smallest absolute Gasteiger partial charge is 0.329 e. The van der Waals surface area contributed by atoms with E-state index in [4.69, 9.17) is 10.3 Å². The van der Waals surface area contributed by atoms with Crippen molar-refractivity contribution in [1.82, 2.24) is 5.32 Å². The number of nitrogens with zero attached hydrogens (tertiary/aromatic N) is 3. The van der Waals surface area contributed by atoms with Crippen LogP contribution in [0.1, 0.15) is 18.9 Å². The van der Waals surface area contributed by atoms with Crippen LogP contribution in [0.5, 0.6) is 5.75 Å². The number of carboxylic acid groups (broad SMARTS) is 1. The zero-order valence-corrected chi connectivity index (χ0v) is 11.8. The normalized spacial score (nSPS) is 23.6. The van der Waals surface area contributed by atoms with Gasteiger partial charge in [-0.1, -0.05) is 30.2 Å². The van der Waals surface area contributed by atoms with Crippen LogP contribution < -0.4 is 10.1 Å². The van der Waals surface area contributed by atoms with Gasteiger partial charge in [0.05, 0.1) is 6.61 Å². The minimum absolute atomic E-state index is 0.218. The summed E-state index contributed by atoms with van der Waals surface area (Å²) in [5.41, 5.74) is 7.72. The molecule has 2 atom stereocenters. The monoisotopic (exact) mass is 290 g/mol. The van der Waals surface area contributed by atoms with E-state index in [1.165, 1.54) is 0 Å². The standard InChI is InChI=1S/C14H18N4O3/c1-10-9-21-12-6-3-2-5-11(12)14(10,13(19)20)16-7-4-8-17-18-15/h2-3,5-6,10,16H,4,7-9H2,1H3,(H,19,20). The van der Waals surface area contributed by atoms with Crippen LogP contribution in [-0.2, 0) is 10.3 Å². The van der Waals surface area contributed by atoms with Crippen molar-refractivity contribution in [3.05, 3.63) is 40.3 Å². The number of hydrogen-bond donors (Lipinski definition) is 2. The van der Waals surface area contributed by atoms with Gasteiger partial charge in [-0.25, -0.2) is 4.79 Å². The Kier molecular flexibility index (Phi) is 4.67. The number of azide groups is 1. The molecule has 0 spiro atoms. The predicted octanol–water partition coefficient (Wildman–Crippen LogP) is 2.28. The van der Waals surface area contributed by atoms with E-state index in [2.05, 4.69) is 15.3 Å². The van der Waals surface area contributed by atoms with Gasteiger partial charge in [-0.2, -0.15) is 0 Å². The molecule has 1 aliphatic rings. The van der Waals surface area contributed by atoms with Crippen LogP contribution in [0.4, 0.5) is 0 Å². The van der Waals surface area contributed by atoms with Gasteiger partial charge in [-0.3, -0.25) is 5.32 Å². The summed E-state index contributed by atoms with van der Waals surface area (Å²) < 4.78 is 5.62. The lowest BCUT2D eigenvalue weighted by Crippen LogP contribution is -2.57.